The molecule has 0 fully saturated rings. The molecule has 1 unspecified atom stereocenters. The summed E-state index contributed by atoms with van der Waals surface area (Å²) in [6.07, 6.45) is 0.469. The normalized spacial score (nSPS) is 11.7. The lowest BCUT2D eigenvalue weighted by Crippen LogP contribution is -2.27. The minimum atomic E-state index is -0.619. The molecule has 27 heavy (non-hydrogen) atoms. The molecule has 0 spiro atoms. The molecule has 1 aromatic heterocycles. The zero-order valence-corrected chi connectivity index (χ0v) is 16.3. The van der Waals surface area contributed by atoms with Crippen LogP contribution in [0.2, 0.25) is 0 Å². The van der Waals surface area contributed by atoms with Crippen molar-refractivity contribution in [1.29, 1.82) is 0 Å². The quantitative estimate of drug-likeness (QED) is 0.491. The molecule has 0 aliphatic carbocycles. The summed E-state index contributed by atoms with van der Waals surface area (Å²) in [7, 11) is 1.57. The Bertz CT molecular complexity index is 778. The number of aromatic nitrogens is 3. The molecule has 0 saturated carbocycles. The number of methoxy groups -OCH3 is 1. The minimum absolute atomic E-state index is 0.0580. The Morgan fingerprint density at radius 3 is 2.56 bits per heavy atom. The summed E-state index contributed by atoms with van der Waals surface area (Å²) >= 11 is 1.13. The summed E-state index contributed by atoms with van der Waals surface area (Å²) in [5.41, 5.74) is 6.55. The van der Waals surface area contributed by atoms with Gasteiger partial charge in [-0.15, -0.1) is 10.2 Å². The molecular formula is C17H23N5O4S. The van der Waals surface area contributed by atoms with Gasteiger partial charge in [0, 0.05) is 5.69 Å². The first-order valence-corrected chi connectivity index (χ1v) is 9.42. The number of nitrogens with one attached hydrogen (secondary N) is 1. The van der Waals surface area contributed by atoms with E-state index in [0.717, 1.165) is 11.8 Å². The maximum absolute atomic E-state index is 12.8. The lowest BCUT2D eigenvalue weighted by Gasteiger charge is -2.19. The summed E-state index contributed by atoms with van der Waals surface area (Å²) in [6, 6.07) is 6.38. The Balaban J connectivity index is 2.14. The molecule has 3 N–H and O–H groups in total. The van der Waals surface area contributed by atoms with Crippen molar-refractivity contribution in [3.8, 4) is 5.75 Å². The Hall–Kier alpha value is -2.75. The van der Waals surface area contributed by atoms with Gasteiger partial charge >= 0.3 is 5.97 Å². The van der Waals surface area contributed by atoms with Gasteiger partial charge in [-0.1, -0.05) is 18.7 Å². The number of hydrogen-bond donors (Lipinski definition) is 2. The number of carbonyl (C=O) groups excluding carboxylic acids is 2. The Labute approximate surface area is 161 Å². The summed E-state index contributed by atoms with van der Waals surface area (Å²) in [4.78, 5) is 24.3. The van der Waals surface area contributed by atoms with Crippen LogP contribution in [0, 0.1) is 0 Å². The number of benzene rings is 1. The Morgan fingerprint density at radius 1 is 1.26 bits per heavy atom. The maximum atomic E-state index is 12.8. The van der Waals surface area contributed by atoms with Crippen molar-refractivity contribution in [2.75, 3.05) is 30.5 Å². The molecule has 0 aliphatic heterocycles. The number of rotatable bonds is 9. The second-order valence-corrected chi connectivity index (χ2v) is 6.39. The third-order valence-corrected chi connectivity index (χ3v) is 4.59. The van der Waals surface area contributed by atoms with E-state index in [9.17, 15) is 9.59 Å². The van der Waals surface area contributed by atoms with E-state index in [1.165, 1.54) is 4.57 Å². The fraction of sp³-hybridized carbons (Fsp3) is 0.412. The average Bonchev–Trinajstić information content (AvgIpc) is 3.02. The van der Waals surface area contributed by atoms with Crippen molar-refractivity contribution in [1.82, 2.24) is 14.8 Å². The molecule has 1 amide bonds. The second kappa shape index (κ2) is 9.81. The topological polar surface area (TPSA) is 121 Å². The fourth-order valence-electron chi connectivity index (χ4n) is 2.39. The second-order valence-electron chi connectivity index (χ2n) is 5.45. The predicted molar refractivity (Wildman–Crippen MR) is 103 cm³/mol. The first-order valence-electron chi connectivity index (χ1n) is 8.43. The highest BCUT2D eigenvalue weighted by Crippen LogP contribution is 2.26. The van der Waals surface area contributed by atoms with Crippen LogP contribution in [0.1, 0.15) is 26.3 Å². The van der Waals surface area contributed by atoms with Crippen LogP contribution in [-0.4, -0.2) is 46.1 Å². The number of nitrogens with zero attached hydrogens (tertiary/aromatic N) is 3. The standard InChI is InChI=1S/C17H23N5O4S/c1-4-13(15(24)19-11-6-8-12(25-3)9-7-11)22-16(18)20-21-17(22)27-10-14(23)26-5-2/h6-9,13H,4-5,10H2,1-3H3,(H2,18,20)(H,19,24). The van der Waals surface area contributed by atoms with Crippen molar-refractivity contribution in [3.05, 3.63) is 24.3 Å². The number of thioether (sulfide) groups is 1. The molecule has 2 rings (SSSR count). The highest BCUT2D eigenvalue weighted by molar-refractivity contribution is 7.99. The number of esters is 1. The largest absolute Gasteiger partial charge is 0.497 e. The molecule has 0 bridgehead atoms. The molecule has 10 heteroatoms. The van der Waals surface area contributed by atoms with Crippen LogP contribution in [0.25, 0.3) is 0 Å². The van der Waals surface area contributed by atoms with Gasteiger partial charge in [-0.25, -0.2) is 0 Å². The van der Waals surface area contributed by atoms with Gasteiger partial charge in [0.25, 0.3) is 0 Å². The zero-order chi connectivity index (χ0) is 19.8. The molecule has 1 aromatic carbocycles. The molecular weight excluding hydrogens is 370 g/mol. The molecule has 0 saturated heterocycles. The van der Waals surface area contributed by atoms with E-state index in [2.05, 4.69) is 15.5 Å². The Kier molecular flexibility index (Phi) is 7.47. The molecule has 1 atom stereocenters. The van der Waals surface area contributed by atoms with Crippen LogP contribution in [0.4, 0.5) is 11.6 Å². The highest BCUT2D eigenvalue weighted by Gasteiger charge is 2.25. The van der Waals surface area contributed by atoms with E-state index in [0.29, 0.717) is 29.6 Å². The summed E-state index contributed by atoms with van der Waals surface area (Å²) in [5.74, 6) is 0.236. The fourth-order valence-corrected chi connectivity index (χ4v) is 3.18. The monoisotopic (exact) mass is 393 g/mol. The van der Waals surface area contributed by atoms with Crippen LogP contribution in [0.15, 0.2) is 29.4 Å². The maximum Gasteiger partial charge on any atom is 0.316 e. The van der Waals surface area contributed by atoms with Gasteiger partial charge < -0.3 is 20.5 Å². The SMILES string of the molecule is CCOC(=O)CSc1nnc(N)n1C(CC)C(=O)Nc1ccc(OC)cc1. The predicted octanol–water partition coefficient (Wildman–Crippen LogP) is 2.11. The van der Waals surface area contributed by atoms with E-state index in [1.54, 1.807) is 38.3 Å². The van der Waals surface area contributed by atoms with Gasteiger partial charge in [-0.3, -0.25) is 14.2 Å². The van der Waals surface area contributed by atoms with Crippen LogP contribution >= 0.6 is 11.8 Å². The average molecular weight is 393 g/mol. The number of carbonyl (C=O) groups is 2. The van der Waals surface area contributed by atoms with Crippen LogP contribution in [0.5, 0.6) is 5.75 Å². The van der Waals surface area contributed by atoms with Gasteiger partial charge in [-0.2, -0.15) is 0 Å². The van der Waals surface area contributed by atoms with Crippen LogP contribution in [-0.2, 0) is 14.3 Å². The van der Waals surface area contributed by atoms with Gasteiger partial charge in [0.05, 0.1) is 19.5 Å². The van der Waals surface area contributed by atoms with E-state index < -0.39 is 6.04 Å². The zero-order valence-electron chi connectivity index (χ0n) is 15.5. The first-order chi connectivity index (χ1) is 13.0. The Morgan fingerprint density at radius 2 is 1.96 bits per heavy atom. The summed E-state index contributed by atoms with van der Waals surface area (Å²) in [5, 5.41) is 11.0. The van der Waals surface area contributed by atoms with Crippen molar-refractivity contribution in [2.24, 2.45) is 0 Å². The number of nitrogens with two attached hydrogens (primary N) is 1. The van der Waals surface area contributed by atoms with E-state index in [4.69, 9.17) is 15.2 Å². The number of anilines is 2. The smallest absolute Gasteiger partial charge is 0.316 e. The minimum Gasteiger partial charge on any atom is -0.497 e. The van der Waals surface area contributed by atoms with Crippen molar-refractivity contribution >= 4 is 35.3 Å². The van der Waals surface area contributed by atoms with Crippen LogP contribution in [0.3, 0.4) is 0 Å². The van der Waals surface area contributed by atoms with E-state index in [-0.39, 0.29) is 23.6 Å². The molecule has 9 nitrogen and oxygen atoms in total. The summed E-state index contributed by atoms with van der Waals surface area (Å²) in [6.45, 7) is 3.90. The third kappa shape index (κ3) is 5.36. The van der Waals surface area contributed by atoms with Crippen LogP contribution < -0.4 is 15.8 Å². The van der Waals surface area contributed by atoms with Crippen molar-refractivity contribution < 1.29 is 19.1 Å². The van der Waals surface area contributed by atoms with Gasteiger partial charge in [0.15, 0.2) is 5.16 Å². The number of ether oxygens (including phenoxy) is 2. The number of hydrogen-bond acceptors (Lipinski definition) is 8. The molecule has 0 radical (unpaired) electrons. The number of nitrogen functional groups attached to an aromatic ring is 1. The lowest BCUT2D eigenvalue weighted by molar-refractivity contribution is -0.139. The van der Waals surface area contributed by atoms with Crippen molar-refractivity contribution in [3.63, 3.8) is 0 Å². The molecule has 1 heterocycles. The van der Waals surface area contributed by atoms with Gasteiger partial charge in [0.2, 0.25) is 11.9 Å². The summed E-state index contributed by atoms with van der Waals surface area (Å²) < 4.78 is 11.5. The molecule has 146 valence electrons. The highest BCUT2D eigenvalue weighted by atomic mass is 32.2. The van der Waals surface area contributed by atoms with E-state index >= 15 is 0 Å². The first kappa shape index (κ1) is 20.6. The molecule has 2 aromatic rings. The van der Waals surface area contributed by atoms with Gasteiger partial charge in [-0.05, 0) is 37.6 Å². The lowest BCUT2D eigenvalue weighted by atomic mass is 10.2. The third-order valence-electron chi connectivity index (χ3n) is 3.67. The number of amides is 1. The van der Waals surface area contributed by atoms with Crippen molar-refractivity contribution in [2.45, 2.75) is 31.5 Å². The molecule has 0 aliphatic rings. The van der Waals surface area contributed by atoms with Gasteiger partial charge in [0.1, 0.15) is 11.8 Å². The van der Waals surface area contributed by atoms with E-state index in [1.807, 2.05) is 6.92 Å².